The second-order valence-corrected chi connectivity index (χ2v) is 7.39. The number of nitrogens with zero attached hydrogens (tertiary/aromatic N) is 6. The molecule has 1 amide bonds. The normalized spacial score (nSPS) is 14.0. The number of nitrogens with one attached hydrogen (secondary N) is 1. The van der Waals surface area contributed by atoms with Crippen molar-refractivity contribution in [3.05, 3.63) is 82.8 Å². The molecule has 0 bridgehead atoms. The molecule has 0 spiro atoms. The summed E-state index contributed by atoms with van der Waals surface area (Å²) in [6.45, 7) is 2.90. The summed E-state index contributed by atoms with van der Waals surface area (Å²) in [7, 11) is 0. The first-order valence-electron chi connectivity index (χ1n) is 10.5. The summed E-state index contributed by atoms with van der Waals surface area (Å²) in [4.78, 5) is 33.1. The zero-order valence-electron chi connectivity index (χ0n) is 17.7. The molecule has 9 heteroatoms. The number of benzene rings is 1. The summed E-state index contributed by atoms with van der Waals surface area (Å²) in [6.07, 6.45) is 4.02. The van der Waals surface area contributed by atoms with E-state index in [4.69, 9.17) is 0 Å². The molecular formula is C23H25N7O2. The lowest BCUT2D eigenvalue weighted by molar-refractivity contribution is -0.121. The van der Waals surface area contributed by atoms with Gasteiger partial charge in [0.2, 0.25) is 0 Å². The standard InChI is InChI=1S/C23H25N7O2/c31-22(26-25-13-11-19-6-2-1-3-7-19)18-30-23(32)10-9-21(27-30)29-16-14-28(15-17-29)20-8-4-5-12-24-20/h1-10,12-13H,11,14-18H2,(H,26,31)/b25-13+. The smallest absolute Gasteiger partial charge is 0.267 e. The number of anilines is 2. The molecule has 0 unspecified atom stereocenters. The van der Waals surface area contributed by atoms with Gasteiger partial charge in [-0.25, -0.2) is 15.1 Å². The molecule has 3 aromatic rings. The van der Waals surface area contributed by atoms with Crippen molar-refractivity contribution >= 4 is 23.8 Å². The van der Waals surface area contributed by atoms with Crippen LogP contribution in [-0.4, -0.2) is 53.1 Å². The van der Waals surface area contributed by atoms with Gasteiger partial charge in [0.05, 0.1) is 0 Å². The topological polar surface area (TPSA) is 95.7 Å². The third kappa shape index (κ3) is 5.57. The minimum atomic E-state index is -0.402. The Bertz CT molecular complexity index is 1110. The van der Waals surface area contributed by atoms with E-state index < -0.39 is 5.91 Å². The number of hydrazone groups is 1. The highest BCUT2D eigenvalue weighted by atomic mass is 16.2. The van der Waals surface area contributed by atoms with Gasteiger partial charge in [0.25, 0.3) is 11.5 Å². The molecule has 32 heavy (non-hydrogen) atoms. The van der Waals surface area contributed by atoms with Gasteiger partial charge in [0.1, 0.15) is 18.2 Å². The van der Waals surface area contributed by atoms with E-state index in [-0.39, 0.29) is 12.1 Å². The molecular weight excluding hydrogens is 406 g/mol. The van der Waals surface area contributed by atoms with Gasteiger partial charge in [0, 0.05) is 51.1 Å². The van der Waals surface area contributed by atoms with Crippen LogP contribution in [-0.2, 0) is 17.8 Å². The Balaban J connectivity index is 1.31. The number of carbonyl (C=O) groups excluding carboxylic acids is 1. The Labute approximate surface area is 186 Å². The molecule has 0 atom stereocenters. The van der Waals surface area contributed by atoms with Crippen LogP contribution < -0.4 is 20.8 Å². The van der Waals surface area contributed by atoms with E-state index in [1.165, 1.54) is 10.7 Å². The van der Waals surface area contributed by atoms with Crippen molar-refractivity contribution in [1.82, 2.24) is 20.2 Å². The van der Waals surface area contributed by atoms with Crippen LogP contribution in [0.4, 0.5) is 11.6 Å². The Hall–Kier alpha value is -4.01. The van der Waals surface area contributed by atoms with Gasteiger partial charge in [-0.15, -0.1) is 0 Å². The lowest BCUT2D eigenvalue weighted by Gasteiger charge is -2.36. The summed E-state index contributed by atoms with van der Waals surface area (Å²) < 4.78 is 1.17. The Morgan fingerprint density at radius 1 is 0.938 bits per heavy atom. The fourth-order valence-corrected chi connectivity index (χ4v) is 3.48. The predicted molar refractivity (Wildman–Crippen MR) is 124 cm³/mol. The summed E-state index contributed by atoms with van der Waals surface area (Å²) in [5.41, 5.74) is 3.22. The maximum absolute atomic E-state index is 12.2. The van der Waals surface area contributed by atoms with Gasteiger partial charge in [-0.1, -0.05) is 36.4 Å². The van der Waals surface area contributed by atoms with Crippen molar-refractivity contribution in [2.45, 2.75) is 13.0 Å². The number of amides is 1. The average Bonchev–Trinajstić information content (AvgIpc) is 2.85. The number of pyridine rings is 1. The number of piperazine rings is 1. The highest BCUT2D eigenvalue weighted by Crippen LogP contribution is 2.16. The van der Waals surface area contributed by atoms with Crippen molar-refractivity contribution in [1.29, 1.82) is 0 Å². The third-order valence-electron chi connectivity index (χ3n) is 5.17. The first-order chi connectivity index (χ1) is 15.7. The van der Waals surface area contributed by atoms with E-state index in [1.54, 1.807) is 18.5 Å². The largest absolute Gasteiger partial charge is 0.353 e. The number of aromatic nitrogens is 3. The molecule has 1 N–H and O–H groups in total. The molecule has 1 aromatic carbocycles. The predicted octanol–water partition coefficient (Wildman–Crippen LogP) is 1.31. The van der Waals surface area contributed by atoms with E-state index in [1.807, 2.05) is 48.5 Å². The van der Waals surface area contributed by atoms with E-state index in [9.17, 15) is 9.59 Å². The zero-order chi connectivity index (χ0) is 22.2. The van der Waals surface area contributed by atoms with Crippen LogP contribution in [0.1, 0.15) is 5.56 Å². The first kappa shape index (κ1) is 21.2. The van der Waals surface area contributed by atoms with Crippen LogP contribution in [0.2, 0.25) is 0 Å². The summed E-state index contributed by atoms with van der Waals surface area (Å²) in [6, 6.07) is 18.8. The average molecular weight is 432 g/mol. The Morgan fingerprint density at radius 2 is 1.66 bits per heavy atom. The fourth-order valence-electron chi connectivity index (χ4n) is 3.48. The minimum Gasteiger partial charge on any atom is -0.353 e. The van der Waals surface area contributed by atoms with Crippen LogP contribution in [0.3, 0.4) is 0 Å². The molecule has 1 aliphatic rings. The molecule has 1 aliphatic heterocycles. The van der Waals surface area contributed by atoms with E-state index in [2.05, 4.69) is 30.4 Å². The summed E-state index contributed by atoms with van der Waals surface area (Å²) >= 11 is 0. The van der Waals surface area contributed by atoms with Crippen molar-refractivity contribution in [2.75, 3.05) is 36.0 Å². The zero-order valence-corrected chi connectivity index (χ0v) is 17.7. The van der Waals surface area contributed by atoms with E-state index >= 15 is 0 Å². The molecule has 9 nitrogen and oxygen atoms in total. The Kier molecular flexibility index (Phi) is 6.86. The lowest BCUT2D eigenvalue weighted by Crippen LogP contribution is -2.47. The maximum Gasteiger partial charge on any atom is 0.267 e. The van der Waals surface area contributed by atoms with Crippen LogP contribution in [0, 0.1) is 0 Å². The second-order valence-electron chi connectivity index (χ2n) is 7.39. The highest BCUT2D eigenvalue weighted by Gasteiger charge is 2.19. The lowest BCUT2D eigenvalue weighted by atomic mass is 10.2. The molecule has 4 rings (SSSR count). The van der Waals surface area contributed by atoms with Crippen molar-refractivity contribution in [3.63, 3.8) is 0 Å². The molecule has 0 radical (unpaired) electrons. The maximum atomic E-state index is 12.2. The molecule has 0 saturated carbocycles. The number of hydrogen-bond donors (Lipinski definition) is 1. The van der Waals surface area contributed by atoms with Gasteiger partial charge in [0.15, 0.2) is 0 Å². The molecule has 3 heterocycles. The molecule has 0 aliphatic carbocycles. The summed E-state index contributed by atoms with van der Waals surface area (Å²) in [5, 5.41) is 8.35. The number of hydrogen-bond acceptors (Lipinski definition) is 7. The molecule has 1 fully saturated rings. The van der Waals surface area contributed by atoms with Gasteiger partial charge in [-0.3, -0.25) is 9.59 Å². The molecule has 164 valence electrons. The van der Waals surface area contributed by atoms with Crippen molar-refractivity contribution < 1.29 is 4.79 Å². The third-order valence-corrected chi connectivity index (χ3v) is 5.17. The fraction of sp³-hybridized carbons (Fsp3) is 0.261. The van der Waals surface area contributed by atoms with Crippen LogP contribution in [0.15, 0.2) is 76.8 Å². The first-order valence-corrected chi connectivity index (χ1v) is 10.5. The van der Waals surface area contributed by atoms with Crippen molar-refractivity contribution in [2.24, 2.45) is 5.10 Å². The monoisotopic (exact) mass is 431 g/mol. The van der Waals surface area contributed by atoms with Gasteiger partial charge in [-0.05, 0) is 23.8 Å². The second kappa shape index (κ2) is 10.3. The van der Waals surface area contributed by atoms with Gasteiger partial charge in [-0.2, -0.15) is 10.2 Å². The van der Waals surface area contributed by atoms with Crippen LogP contribution in [0.5, 0.6) is 0 Å². The van der Waals surface area contributed by atoms with E-state index in [0.29, 0.717) is 12.2 Å². The number of rotatable bonds is 7. The quantitative estimate of drug-likeness (QED) is 0.448. The SMILES string of the molecule is O=C(Cn1nc(N2CCN(c3ccccn3)CC2)ccc1=O)N/N=C/Cc1ccccc1. The highest BCUT2D eigenvalue weighted by molar-refractivity contribution is 5.76. The van der Waals surface area contributed by atoms with Crippen LogP contribution >= 0.6 is 0 Å². The van der Waals surface area contributed by atoms with Gasteiger partial charge >= 0.3 is 0 Å². The van der Waals surface area contributed by atoms with E-state index in [0.717, 1.165) is 37.6 Å². The minimum absolute atomic E-state index is 0.191. The van der Waals surface area contributed by atoms with Gasteiger partial charge < -0.3 is 9.80 Å². The molecule has 2 aromatic heterocycles. The number of carbonyl (C=O) groups is 1. The van der Waals surface area contributed by atoms with Crippen LogP contribution in [0.25, 0.3) is 0 Å². The summed E-state index contributed by atoms with van der Waals surface area (Å²) in [5.74, 6) is 1.22. The molecule has 1 saturated heterocycles. The van der Waals surface area contributed by atoms with Crippen molar-refractivity contribution in [3.8, 4) is 0 Å². The Morgan fingerprint density at radius 3 is 2.38 bits per heavy atom.